The fraction of sp³-hybridized carbons (Fsp3) is 0. The zero-order chi connectivity index (χ0) is 32.4. The second-order valence-electron chi connectivity index (χ2n) is 11.3. The lowest BCUT2D eigenvalue weighted by molar-refractivity contribution is 1.43. The fourth-order valence-electron chi connectivity index (χ4n) is 5.61. The molecule has 3 heteroatoms. The fourth-order valence-corrected chi connectivity index (χ4v) is 5.61. The molecule has 0 spiro atoms. The van der Waals surface area contributed by atoms with Gasteiger partial charge in [0, 0.05) is 33.4 Å². The minimum Gasteiger partial charge on any atom is -0.248 e. The molecule has 0 aliphatic carbocycles. The first kappa shape index (κ1) is 30.2. The maximum absolute atomic E-state index is 5.21. The Morgan fingerprint density at radius 3 is 0.833 bits per heavy atom. The van der Waals surface area contributed by atoms with Crippen LogP contribution < -0.4 is 0 Å². The van der Waals surface area contributed by atoms with E-state index in [1.54, 1.807) is 0 Å². The third-order valence-corrected chi connectivity index (χ3v) is 7.91. The molecular formula is C45H33N3. The molecule has 7 aromatic rings. The van der Waals surface area contributed by atoms with Gasteiger partial charge in [0.25, 0.3) is 0 Å². The van der Waals surface area contributed by atoms with Gasteiger partial charge in [-0.25, -0.2) is 15.0 Å². The summed E-state index contributed by atoms with van der Waals surface area (Å²) < 4.78 is 0. The van der Waals surface area contributed by atoms with E-state index < -0.39 is 0 Å². The molecule has 0 unspecified atom stereocenters. The molecule has 7 aromatic carbocycles. The van der Waals surface area contributed by atoms with Crippen LogP contribution in [-0.2, 0) is 0 Å². The van der Waals surface area contributed by atoms with Crippen LogP contribution in [0.3, 0.4) is 0 Å². The largest absolute Gasteiger partial charge is 0.248 e. The summed E-state index contributed by atoms with van der Waals surface area (Å²) in [6.45, 7) is 0. The Bertz CT molecular complexity index is 1970. The number of para-hydroxylation sites is 1. The Balaban J connectivity index is 1.34. The van der Waals surface area contributed by atoms with Crippen molar-refractivity contribution in [3.63, 3.8) is 0 Å². The molecule has 0 aliphatic heterocycles. The van der Waals surface area contributed by atoms with Crippen LogP contribution >= 0.6 is 0 Å². The van der Waals surface area contributed by atoms with Gasteiger partial charge in [0.1, 0.15) is 0 Å². The van der Waals surface area contributed by atoms with Gasteiger partial charge in [-0.2, -0.15) is 0 Å². The first-order chi connectivity index (χ1) is 23.8. The number of hydrogen-bond acceptors (Lipinski definition) is 3. The van der Waals surface area contributed by atoms with Crippen molar-refractivity contribution in [1.82, 2.24) is 0 Å². The van der Waals surface area contributed by atoms with E-state index in [0.29, 0.717) is 0 Å². The third kappa shape index (κ3) is 7.33. The van der Waals surface area contributed by atoms with Crippen LogP contribution in [0, 0.1) is 0 Å². The average molecular weight is 616 g/mol. The molecule has 0 fully saturated rings. The van der Waals surface area contributed by atoms with Crippen LogP contribution in [-0.4, -0.2) is 17.1 Å². The Kier molecular flexibility index (Phi) is 9.29. The summed E-state index contributed by atoms with van der Waals surface area (Å²) in [6.07, 6.45) is 0. The van der Waals surface area contributed by atoms with Crippen LogP contribution in [0.15, 0.2) is 215 Å². The normalized spacial score (nSPS) is 10.5. The van der Waals surface area contributed by atoms with E-state index in [4.69, 9.17) is 15.0 Å². The van der Waals surface area contributed by atoms with E-state index in [1.165, 1.54) is 0 Å². The summed E-state index contributed by atoms with van der Waals surface area (Å²) in [5.41, 5.74) is 11.4. The van der Waals surface area contributed by atoms with Gasteiger partial charge in [0.15, 0.2) is 0 Å². The lowest BCUT2D eigenvalue weighted by Crippen LogP contribution is -2.05. The van der Waals surface area contributed by atoms with Gasteiger partial charge in [-0.15, -0.1) is 0 Å². The van der Waals surface area contributed by atoms with E-state index in [0.717, 1.165) is 67.6 Å². The van der Waals surface area contributed by atoms with Gasteiger partial charge in [-0.1, -0.05) is 164 Å². The lowest BCUT2D eigenvalue weighted by atomic mass is 9.99. The Hall–Kier alpha value is -6.45. The molecule has 0 N–H and O–H groups in total. The second kappa shape index (κ2) is 14.8. The molecule has 0 amide bonds. The molecule has 0 aliphatic rings. The lowest BCUT2D eigenvalue weighted by Gasteiger charge is -2.12. The van der Waals surface area contributed by atoms with Crippen molar-refractivity contribution in [3.8, 4) is 0 Å². The monoisotopic (exact) mass is 615 g/mol. The van der Waals surface area contributed by atoms with Crippen LogP contribution in [0.1, 0.15) is 33.4 Å². The van der Waals surface area contributed by atoms with Crippen LogP contribution in [0.5, 0.6) is 0 Å². The van der Waals surface area contributed by atoms with E-state index in [-0.39, 0.29) is 0 Å². The standard InChI is InChI=1S/C45H33N3/c1-6-18-34(19-7-1)43(35-20-8-2-9-21-35)47-41-30-16-26-38(32-41)45(46-40-28-14-5-15-29-40)39-27-17-31-42(33-39)48-44(36-22-10-3-11-23-36)37-24-12-4-13-25-37/h1-33H. The van der Waals surface area contributed by atoms with Gasteiger partial charge in [0.05, 0.1) is 34.2 Å². The average Bonchev–Trinajstić information content (AvgIpc) is 3.17. The number of rotatable bonds is 9. The summed E-state index contributed by atoms with van der Waals surface area (Å²) in [5.74, 6) is 0. The van der Waals surface area contributed by atoms with Gasteiger partial charge >= 0.3 is 0 Å². The van der Waals surface area contributed by atoms with Gasteiger partial charge in [-0.3, -0.25) is 0 Å². The summed E-state index contributed by atoms with van der Waals surface area (Å²) in [6, 6.07) is 68.0. The smallest absolute Gasteiger partial charge is 0.0783 e. The highest BCUT2D eigenvalue weighted by molar-refractivity contribution is 6.17. The number of hydrogen-bond donors (Lipinski definition) is 0. The topological polar surface area (TPSA) is 37.1 Å². The zero-order valence-corrected chi connectivity index (χ0v) is 26.4. The van der Waals surface area contributed by atoms with Crippen molar-refractivity contribution in [2.24, 2.45) is 15.0 Å². The molecule has 0 saturated carbocycles. The molecule has 0 heterocycles. The predicted molar refractivity (Wildman–Crippen MR) is 201 cm³/mol. The highest BCUT2D eigenvalue weighted by Crippen LogP contribution is 2.26. The van der Waals surface area contributed by atoms with Gasteiger partial charge in [-0.05, 0) is 36.4 Å². The summed E-state index contributed by atoms with van der Waals surface area (Å²) >= 11 is 0. The highest BCUT2D eigenvalue weighted by atomic mass is 14.8. The summed E-state index contributed by atoms with van der Waals surface area (Å²) in [4.78, 5) is 15.6. The first-order valence-electron chi connectivity index (χ1n) is 16.0. The number of nitrogens with zero attached hydrogens (tertiary/aromatic N) is 3. The van der Waals surface area contributed by atoms with Crippen molar-refractivity contribution in [3.05, 3.63) is 234 Å². The second-order valence-corrected chi connectivity index (χ2v) is 11.3. The molecule has 0 bridgehead atoms. The SMILES string of the molecule is c1ccc(N=C(c2cccc(N=C(c3ccccc3)c3ccccc3)c2)c2cccc(N=C(c3ccccc3)c3ccccc3)c2)cc1. The Labute approximate surface area is 282 Å². The van der Waals surface area contributed by atoms with Crippen LogP contribution in [0.4, 0.5) is 17.1 Å². The zero-order valence-electron chi connectivity index (χ0n) is 26.4. The molecule has 3 nitrogen and oxygen atoms in total. The van der Waals surface area contributed by atoms with Gasteiger partial charge < -0.3 is 0 Å². The summed E-state index contributed by atoms with van der Waals surface area (Å²) in [7, 11) is 0. The quantitative estimate of drug-likeness (QED) is 0.145. The minimum atomic E-state index is 0.845. The van der Waals surface area contributed by atoms with E-state index in [1.807, 2.05) is 127 Å². The van der Waals surface area contributed by atoms with E-state index >= 15 is 0 Å². The molecule has 0 atom stereocenters. The number of aliphatic imine (C=N–C) groups is 3. The minimum absolute atomic E-state index is 0.845. The molecule has 0 saturated heterocycles. The molecule has 0 radical (unpaired) electrons. The van der Waals surface area contributed by atoms with Crippen LogP contribution in [0.25, 0.3) is 0 Å². The van der Waals surface area contributed by atoms with Gasteiger partial charge in [0.2, 0.25) is 0 Å². The Morgan fingerprint density at radius 2 is 0.479 bits per heavy atom. The molecular weight excluding hydrogens is 583 g/mol. The first-order valence-corrected chi connectivity index (χ1v) is 16.0. The molecule has 0 aromatic heterocycles. The van der Waals surface area contributed by atoms with Crippen molar-refractivity contribution in [2.45, 2.75) is 0 Å². The molecule has 228 valence electrons. The number of benzene rings is 7. The molecule has 48 heavy (non-hydrogen) atoms. The predicted octanol–water partition coefficient (Wildman–Crippen LogP) is 11.2. The summed E-state index contributed by atoms with van der Waals surface area (Å²) in [5, 5.41) is 0. The van der Waals surface area contributed by atoms with Crippen molar-refractivity contribution in [2.75, 3.05) is 0 Å². The Morgan fingerprint density at radius 1 is 0.229 bits per heavy atom. The van der Waals surface area contributed by atoms with E-state index in [2.05, 4.69) is 72.8 Å². The molecule has 7 rings (SSSR count). The van der Waals surface area contributed by atoms with Crippen molar-refractivity contribution < 1.29 is 0 Å². The maximum atomic E-state index is 5.21. The van der Waals surface area contributed by atoms with Crippen LogP contribution in [0.2, 0.25) is 0 Å². The third-order valence-electron chi connectivity index (χ3n) is 7.91. The van der Waals surface area contributed by atoms with Crippen molar-refractivity contribution in [1.29, 1.82) is 0 Å². The maximum Gasteiger partial charge on any atom is 0.0783 e. The van der Waals surface area contributed by atoms with E-state index in [9.17, 15) is 0 Å². The van der Waals surface area contributed by atoms with Crippen molar-refractivity contribution >= 4 is 34.2 Å². The highest BCUT2D eigenvalue weighted by Gasteiger charge is 2.13.